The summed E-state index contributed by atoms with van der Waals surface area (Å²) in [6, 6.07) is 22.5. The van der Waals surface area contributed by atoms with Crippen LogP contribution in [0.5, 0.6) is 17.2 Å². The summed E-state index contributed by atoms with van der Waals surface area (Å²) in [6.07, 6.45) is 2.12. The molecule has 2 N–H and O–H groups in total. The van der Waals surface area contributed by atoms with Gasteiger partial charge in [-0.3, -0.25) is 4.79 Å². The second kappa shape index (κ2) is 12.1. The second-order valence-electron chi connectivity index (χ2n) is 8.73. The van der Waals surface area contributed by atoms with Gasteiger partial charge < -0.3 is 24.8 Å². The summed E-state index contributed by atoms with van der Waals surface area (Å²) in [4.78, 5) is 18.2. The van der Waals surface area contributed by atoms with Crippen molar-refractivity contribution in [2.24, 2.45) is 0 Å². The maximum atomic E-state index is 13.5. The number of fused-ring (bicyclic) bond motifs is 1. The third-order valence-corrected chi connectivity index (χ3v) is 6.13. The van der Waals surface area contributed by atoms with Gasteiger partial charge in [0.05, 0.1) is 43.6 Å². The van der Waals surface area contributed by atoms with Crippen LogP contribution in [0, 0.1) is 0 Å². The van der Waals surface area contributed by atoms with Crippen LogP contribution in [0.25, 0.3) is 10.9 Å². The van der Waals surface area contributed by atoms with Gasteiger partial charge in [0.1, 0.15) is 23.1 Å². The van der Waals surface area contributed by atoms with E-state index in [4.69, 9.17) is 19.2 Å². The Morgan fingerprint density at radius 2 is 1.70 bits per heavy atom. The van der Waals surface area contributed by atoms with E-state index in [9.17, 15) is 4.79 Å². The van der Waals surface area contributed by atoms with E-state index in [1.54, 1.807) is 26.4 Å². The summed E-state index contributed by atoms with van der Waals surface area (Å²) in [5, 5.41) is 7.19. The number of anilines is 2. The summed E-state index contributed by atoms with van der Waals surface area (Å²) in [5.74, 6) is 2.48. The first-order chi connectivity index (χ1) is 18.0. The summed E-state index contributed by atoms with van der Waals surface area (Å²) < 4.78 is 16.5. The number of pyridine rings is 1. The molecule has 0 spiro atoms. The lowest BCUT2D eigenvalue weighted by molar-refractivity contribution is 0.0941. The number of hydrogen-bond donors (Lipinski definition) is 2. The Bertz CT molecular complexity index is 1360. The summed E-state index contributed by atoms with van der Waals surface area (Å²) in [6.45, 7) is 4.81. The number of para-hydroxylation sites is 1. The van der Waals surface area contributed by atoms with Gasteiger partial charge in [-0.05, 0) is 55.3 Å². The molecule has 192 valence electrons. The van der Waals surface area contributed by atoms with E-state index >= 15 is 0 Å². The highest BCUT2D eigenvalue weighted by Gasteiger charge is 2.17. The maximum Gasteiger partial charge on any atom is 0.252 e. The van der Waals surface area contributed by atoms with Crippen molar-refractivity contribution in [1.29, 1.82) is 0 Å². The Hall–Kier alpha value is -4.26. The normalized spacial score (nSPS) is 11.6. The number of carbonyl (C=O) groups excluding carboxylic acids is 1. The molecule has 0 bridgehead atoms. The number of nitrogens with zero attached hydrogens (tertiary/aromatic N) is 1. The molecule has 3 aromatic carbocycles. The Morgan fingerprint density at radius 3 is 2.43 bits per heavy atom. The molecule has 37 heavy (non-hydrogen) atoms. The van der Waals surface area contributed by atoms with Crippen molar-refractivity contribution in [1.82, 2.24) is 10.3 Å². The number of ether oxygens (including phenoxy) is 3. The van der Waals surface area contributed by atoms with Gasteiger partial charge in [0.2, 0.25) is 0 Å². The lowest BCUT2D eigenvalue weighted by Gasteiger charge is -2.17. The highest BCUT2D eigenvalue weighted by molar-refractivity contribution is 6.07. The summed E-state index contributed by atoms with van der Waals surface area (Å²) in [7, 11) is 3.20. The van der Waals surface area contributed by atoms with Gasteiger partial charge in [0, 0.05) is 11.5 Å². The predicted molar refractivity (Wildman–Crippen MR) is 147 cm³/mol. The van der Waals surface area contributed by atoms with E-state index in [1.807, 2.05) is 67.6 Å². The lowest BCUT2D eigenvalue weighted by Crippen LogP contribution is -2.27. The smallest absolute Gasteiger partial charge is 0.252 e. The largest absolute Gasteiger partial charge is 0.497 e. The van der Waals surface area contributed by atoms with Crippen LogP contribution in [0.4, 0.5) is 11.5 Å². The monoisotopic (exact) mass is 499 g/mol. The third kappa shape index (κ3) is 6.30. The zero-order valence-corrected chi connectivity index (χ0v) is 21.7. The number of rotatable bonds is 11. The van der Waals surface area contributed by atoms with Gasteiger partial charge in [0.15, 0.2) is 0 Å². The van der Waals surface area contributed by atoms with E-state index < -0.39 is 0 Å². The first-order valence-corrected chi connectivity index (χ1v) is 12.4. The fraction of sp³-hybridized carbons (Fsp3) is 0.267. The number of benzene rings is 3. The zero-order chi connectivity index (χ0) is 26.2. The van der Waals surface area contributed by atoms with Crippen LogP contribution in [0.2, 0.25) is 0 Å². The molecular weight excluding hydrogens is 466 g/mol. The van der Waals surface area contributed by atoms with E-state index in [0.29, 0.717) is 40.7 Å². The molecule has 1 unspecified atom stereocenters. The van der Waals surface area contributed by atoms with Gasteiger partial charge in [-0.1, -0.05) is 43.7 Å². The fourth-order valence-electron chi connectivity index (χ4n) is 4.01. The minimum absolute atomic E-state index is 0.181. The molecule has 0 radical (unpaired) electrons. The highest BCUT2D eigenvalue weighted by atomic mass is 16.5. The summed E-state index contributed by atoms with van der Waals surface area (Å²) >= 11 is 0. The Kier molecular flexibility index (Phi) is 8.46. The number of carbonyl (C=O) groups is 1. The summed E-state index contributed by atoms with van der Waals surface area (Å²) in [5.41, 5.74) is 2.96. The molecule has 7 heteroatoms. The number of nitrogens with one attached hydrogen (secondary N) is 2. The number of unbranched alkanes of at least 4 members (excludes halogenated alkanes) is 1. The molecule has 4 rings (SSSR count). The van der Waals surface area contributed by atoms with E-state index in [-0.39, 0.29) is 11.9 Å². The SMILES string of the molecule is CCCCOc1ccc(C(C)NC(=O)c2cc(Nc3ccc(OC)cc3OC)nc3ccccc23)cc1. The molecule has 7 nitrogen and oxygen atoms in total. The van der Waals surface area contributed by atoms with Gasteiger partial charge >= 0.3 is 0 Å². The molecule has 1 amide bonds. The van der Waals surface area contributed by atoms with Gasteiger partial charge in [-0.2, -0.15) is 0 Å². The Labute approximate surface area is 217 Å². The molecule has 0 aliphatic rings. The van der Waals surface area contributed by atoms with Crippen LogP contribution < -0.4 is 24.8 Å². The topological polar surface area (TPSA) is 81.7 Å². The number of aromatic nitrogens is 1. The van der Waals surface area contributed by atoms with Crippen molar-refractivity contribution in [3.8, 4) is 17.2 Å². The minimum atomic E-state index is -0.192. The first kappa shape index (κ1) is 25.8. The molecule has 0 saturated carbocycles. The fourth-order valence-corrected chi connectivity index (χ4v) is 4.01. The Morgan fingerprint density at radius 1 is 0.946 bits per heavy atom. The van der Waals surface area contributed by atoms with Gasteiger partial charge in [-0.15, -0.1) is 0 Å². The first-order valence-electron chi connectivity index (χ1n) is 12.4. The minimum Gasteiger partial charge on any atom is -0.497 e. The maximum absolute atomic E-state index is 13.5. The highest BCUT2D eigenvalue weighted by Crippen LogP contribution is 2.32. The molecule has 1 atom stereocenters. The lowest BCUT2D eigenvalue weighted by atomic mass is 10.1. The standard InChI is InChI=1S/C30H33N3O4/c1-5-6-17-37-22-13-11-21(12-14-22)20(2)31-30(34)25-19-29(32-26-10-8-7-9-24(25)26)33-27-16-15-23(35-3)18-28(27)36-4/h7-16,18-20H,5-6,17H2,1-4H3,(H,31,34)(H,32,33). The quantitative estimate of drug-likeness (QED) is 0.224. The van der Waals surface area contributed by atoms with Crippen LogP contribution in [0.1, 0.15) is 48.7 Å². The average molecular weight is 500 g/mol. The molecule has 0 aliphatic heterocycles. The molecular formula is C30H33N3O4. The Balaban J connectivity index is 1.56. The number of methoxy groups -OCH3 is 2. The van der Waals surface area contributed by atoms with Crippen molar-refractivity contribution in [3.05, 3.63) is 83.9 Å². The van der Waals surface area contributed by atoms with E-state index in [2.05, 4.69) is 17.6 Å². The van der Waals surface area contributed by atoms with Crippen molar-refractivity contribution in [2.45, 2.75) is 32.7 Å². The molecule has 4 aromatic rings. The molecule has 1 aromatic heterocycles. The third-order valence-electron chi connectivity index (χ3n) is 6.13. The van der Waals surface area contributed by atoms with Crippen molar-refractivity contribution in [3.63, 3.8) is 0 Å². The molecule has 0 saturated heterocycles. The van der Waals surface area contributed by atoms with Crippen molar-refractivity contribution >= 4 is 28.3 Å². The molecule has 0 aliphatic carbocycles. The van der Waals surface area contributed by atoms with E-state index in [0.717, 1.165) is 29.5 Å². The van der Waals surface area contributed by atoms with Crippen LogP contribution in [-0.4, -0.2) is 31.7 Å². The van der Waals surface area contributed by atoms with Crippen LogP contribution in [0.15, 0.2) is 72.8 Å². The van der Waals surface area contributed by atoms with Crippen LogP contribution >= 0.6 is 0 Å². The average Bonchev–Trinajstić information content (AvgIpc) is 2.93. The van der Waals surface area contributed by atoms with Crippen LogP contribution in [-0.2, 0) is 0 Å². The van der Waals surface area contributed by atoms with E-state index in [1.165, 1.54) is 0 Å². The number of amides is 1. The van der Waals surface area contributed by atoms with Gasteiger partial charge in [0.25, 0.3) is 5.91 Å². The van der Waals surface area contributed by atoms with Crippen molar-refractivity contribution < 1.29 is 19.0 Å². The number of hydrogen-bond acceptors (Lipinski definition) is 6. The van der Waals surface area contributed by atoms with Crippen molar-refractivity contribution in [2.75, 3.05) is 26.1 Å². The zero-order valence-electron chi connectivity index (χ0n) is 21.7. The van der Waals surface area contributed by atoms with Gasteiger partial charge in [-0.25, -0.2) is 4.98 Å². The molecule has 0 fully saturated rings. The van der Waals surface area contributed by atoms with Crippen LogP contribution in [0.3, 0.4) is 0 Å². The second-order valence-corrected chi connectivity index (χ2v) is 8.73. The predicted octanol–water partition coefficient (Wildman–Crippen LogP) is 6.67. The molecule has 1 heterocycles.